The minimum absolute atomic E-state index is 0.531. The maximum absolute atomic E-state index is 6.20. The molecule has 0 bridgehead atoms. The Hall–Kier alpha value is -1.19. The Kier molecular flexibility index (Phi) is 4.65. The maximum atomic E-state index is 6.20. The lowest BCUT2D eigenvalue weighted by molar-refractivity contribution is 1.03. The molecule has 0 aliphatic carbocycles. The first-order valence-electron chi connectivity index (χ1n) is 6.46. The molecule has 0 amide bonds. The zero-order chi connectivity index (χ0) is 15.7. The second-order valence-corrected chi connectivity index (χ2v) is 6.45. The Morgan fingerprint density at radius 1 is 0.864 bits per heavy atom. The van der Waals surface area contributed by atoms with Crippen molar-refractivity contribution in [2.75, 3.05) is 0 Å². The van der Waals surface area contributed by atoms with Crippen molar-refractivity contribution in [3.63, 3.8) is 0 Å². The number of aromatic nitrogens is 2. The van der Waals surface area contributed by atoms with Gasteiger partial charge in [-0.2, -0.15) is 0 Å². The van der Waals surface area contributed by atoms with Crippen LogP contribution in [-0.2, 0) is 6.42 Å². The zero-order valence-electron chi connectivity index (χ0n) is 11.2. The predicted molar refractivity (Wildman–Crippen MR) is 93.3 cm³/mol. The second kappa shape index (κ2) is 6.51. The number of nitrogens with zero attached hydrogens (tertiary/aromatic N) is 1. The molecule has 0 aliphatic heterocycles. The molecule has 22 heavy (non-hydrogen) atoms. The minimum Gasteiger partial charge on any atom is -0.342 e. The molecular weight excluding hydrogens is 362 g/mol. The summed E-state index contributed by atoms with van der Waals surface area (Å²) < 4.78 is 0. The van der Waals surface area contributed by atoms with Crippen LogP contribution in [0.5, 0.6) is 0 Å². The monoisotopic (exact) mass is 370 g/mol. The molecule has 0 spiro atoms. The maximum Gasteiger partial charge on any atom is 0.110 e. The van der Waals surface area contributed by atoms with Gasteiger partial charge in [-0.3, -0.25) is 0 Å². The molecule has 2 nitrogen and oxygen atoms in total. The van der Waals surface area contributed by atoms with Crippen LogP contribution in [0.2, 0.25) is 20.1 Å². The van der Waals surface area contributed by atoms with Crippen LogP contribution in [0.3, 0.4) is 0 Å². The molecule has 0 fully saturated rings. The molecule has 2 aromatic carbocycles. The van der Waals surface area contributed by atoms with Crippen molar-refractivity contribution in [3.8, 4) is 11.3 Å². The Morgan fingerprint density at radius 3 is 2.41 bits per heavy atom. The van der Waals surface area contributed by atoms with Crippen molar-refractivity contribution in [2.24, 2.45) is 0 Å². The third-order valence-electron chi connectivity index (χ3n) is 3.20. The van der Waals surface area contributed by atoms with Gasteiger partial charge < -0.3 is 4.98 Å². The first-order valence-corrected chi connectivity index (χ1v) is 7.97. The molecule has 0 aliphatic rings. The van der Waals surface area contributed by atoms with Gasteiger partial charge in [0.15, 0.2) is 0 Å². The van der Waals surface area contributed by atoms with E-state index < -0.39 is 0 Å². The topological polar surface area (TPSA) is 28.7 Å². The smallest absolute Gasteiger partial charge is 0.110 e. The van der Waals surface area contributed by atoms with Gasteiger partial charge in [-0.1, -0.05) is 52.5 Å². The van der Waals surface area contributed by atoms with Crippen molar-refractivity contribution in [1.29, 1.82) is 0 Å². The molecule has 3 rings (SSSR count). The summed E-state index contributed by atoms with van der Waals surface area (Å²) in [5.41, 5.74) is 2.66. The summed E-state index contributed by atoms with van der Waals surface area (Å²) in [4.78, 5) is 7.63. The van der Waals surface area contributed by atoms with Crippen LogP contribution in [0.25, 0.3) is 11.3 Å². The van der Waals surface area contributed by atoms with Gasteiger partial charge in [0.1, 0.15) is 5.82 Å². The number of rotatable bonds is 3. The summed E-state index contributed by atoms with van der Waals surface area (Å²) in [5, 5.41) is 2.31. The van der Waals surface area contributed by atoms with Crippen LogP contribution in [0.15, 0.2) is 42.6 Å². The predicted octanol–water partition coefficient (Wildman–Crippen LogP) is 6.28. The van der Waals surface area contributed by atoms with E-state index >= 15 is 0 Å². The van der Waals surface area contributed by atoms with E-state index in [2.05, 4.69) is 9.97 Å². The van der Waals surface area contributed by atoms with Gasteiger partial charge in [0.05, 0.1) is 27.0 Å². The second-order valence-electron chi connectivity index (χ2n) is 4.79. The van der Waals surface area contributed by atoms with E-state index in [1.165, 1.54) is 0 Å². The average molecular weight is 372 g/mol. The SMILES string of the molecule is Clc1ccc(Cl)c(-c2cnc(Cc3ccc(Cl)c(Cl)c3)[nH]2)c1. The quantitative estimate of drug-likeness (QED) is 0.576. The number of halogens is 4. The summed E-state index contributed by atoms with van der Waals surface area (Å²) in [6.45, 7) is 0. The lowest BCUT2D eigenvalue weighted by atomic mass is 10.1. The first kappa shape index (κ1) is 15.7. The minimum atomic E-state index is 0.531. The van der Waals surface area contributed by atoms with E-state index in [-0.39, 0.29) is 0 Å². The number of imidazole rings is 1. The third-order valence-corrected chi connectivity index (χ3v) is 4.51. The molecule has 112 valence electrons. The number of benzene rings is 2. The molecule has 0 saturated heterocycles. The number of hydrogen-bond donors (Lipinski definition) is 1. The standard InChI is InChI=1S/C16H10Cl4N2/c17-10-2-4-12(18)11(7-10)15-8-21-16(22-15)6-9-1-3-13(19)14(20)5-9/h1-5,7-8H,6H2,(H,21,22). The van der Waals surface area contributed by atoms with Crippen molar-refractivity contribution in [2.45, 2.75) is 6.42 Å². The van der Waals surface area contributed by atoms with Crippen molar-refractivity contribution >= 4 is 46.4 Å². The lowest BCUT2D eigenvalue weighted by Crippen LogP contribution is -1.91. The fraction of sp³-hybridized carbons (Fsp3) is 0.0625. The largest absolute Gasteiger partial charge is 0.342 e. The summed E-state index contributed by atoms with van der Waals surface area (Å²) in [6.07, 6.45) is 2.36. The van der Waals surface area contributed by atoms with Gasteiger partial charge in [-0.05, 0) is 35.9 Å². The highest BCUT2D eigenvalue weighted by Crippen LogP contribution is 2.30. The Balaban J connectivity index is 1.87. The van der Waals surface area contributed by atoms with Crippen LogP contribution in [-0.4, -0.2) is 9.97 Å². The zero-order valence-corrected chi connectivity index (χ0v) is 14.2. The number of aromatic amines is 1. The highest BCUT2D eigenvalue weighted by molar-refractivity contribution is 6.42. The van der Waals surface area contributed by atoms with E-state index in [9.17, 15) is 0 Å². The van der Waals surface area contributed by atoms with E-state index in [1.54, 1.807) is 30.5 Å². The summed E-state index contributed by atoms with van der Waals surface area (Å²) in [6, 6.07) is 10.8. The van der Waals surface area contributed by atoms with Gasteiger partial charge in [0, 0.05) is 17.0 Å². The van der Waals surface area contributed by atoms with E-state index in [4.69, 9.17) is 46.4 Å². The van der Waals surface area contributed by atoms with Gasteiger partial charge in [0.25, 0.3) is 0 Å². The average Bonchev–Trinajstić information content (AvgIpc) is 2.94. The molecule has 0 unspecified atom stereocenters. The van der Waals surface area contributed by atoms with Crippen LogP contribution < -0.4 is 0 Å². The Labute approximate surface area is 148 Å². The molecule has 0 saturated carbocycles. The number of hydrogen-bond acceptors (Lipinski definition) is 1. The molecule has 1 aromatic heterocycles. The van der Waals surface area contributed by atoms with Gasteiger partial charge >= 0.3 is 0 Å². The molecule has 0 atom stereocenters. The molecule has 1 N–H and O–H groups in total. The molecular formula is C16H10Cl4N2. The molecule has 3 aromatic rings. The number of nitrogens with one attached hydrogen (secondary N) is 1. The molecule has 6 heteroatoms. The van der Waals surface area contributed by atoms with Crippen LogP contribution in [0.1, 0.15) is 11.4 Å². The van der Waals surface area contributed by atoms with Crippen LogP contribution >= 0.6 is 46.4 Å². The third kappa shape index (κ3) is 3.41. The van der Waals surface area contributed by atoms with Crippen LogP contribution in [0.4, 0.5) is 0 Å². The van der Waals surface area contributed by atoms with Gasteiger partial charge in [0.2, 0.25) is 0 Å². The Bertz CT molecular complexity index is 827. The lowest BCUT2D eigenvalue weighted by Gasteiger charge is -2.03. The highest BCUT2D eigenvalue weighted by Gasteiger charge is 2.09. The first-order chi connectivity index (χ1) is 10.5. The van der Waals surface area contributed by atoms with Crippen molar-refractivity contribution < 1.29 is 0 Å². The highest BCUT2D eigenvalue weighted by atomic mass is 35.5. The van der Waals surface area contributed by atoms with E-state index in [1.807, 2.05) is 12.1 Å². The molecule has 0 radical (unpaired) electrons. The normalized spacial score (nSPS) is 10.9. The van der Waals surface area contributed by atoms with Gasteiger partial charge in [-0.25, -0.2) is 4.98 Å². The van der Waals surface area contributed by atoms with Crippen LogP contribution in [0, 0.1) is 0 Å². The summed E-state index contributed by atoms with van der Waals surface area (Å²) in [7, 11) is 0. The summed E-state index contributed by atoms with van der Waals surface area (Å²) >= 11 is 24.2. The fourth-order valence-electron chi connectivity index (χ4n) is 2.14. The van der Waals surface area contributed by atoms with Crippen molar-refractivity contribution in [3.05, 3.63) is 74.1 Å². The van der Waals surface area contributed by atoms with E-state index in [0.29, 0.717) is 26.5 Å². The Morgan fingerprint density at radius 2 is 1.64 bits per heavy atom. The number of H-pyrrole nitrogens is 1. The van der Waals surface area contributed by atoms with Crippen molar-refractivity contribution in [1.82, 2.24) is 9.97 Å². The van der Waals surface area contributed by atoms with Gasteiger partial charge in [-0.15, -0.1) is 0 Å². The fourth-order valence-corrected chi connectivity index (χ4v) is 2.85. The molecule has 1 heterocycles. The van der Waals surface area contributed by atoms with E-state index in [0.717, 1.165) is 22.6 Å². The summed E-state index contributed by atoms with van der Waals surface area (Å²) in [5.74, 6) is 0.810.